The molecule has 2 aromatic rings. The fourth-order valence-corrected chi connectivity index (χ4v) is 4.45. The van der Waals surface area contributed by atoms with Gasteiger partial charge in [-0.1, -0.05) is 30.2 Å². The highest BCUT2D eigenvalue weighted by atomic mass is 35.5. The predicted octanol–water partition coefficient (Wildman–Crippen LogP) is 4.04. The van der Waals surface area contributed by atoms with E-state index in [-0.39, 0.29) is 30.6 Å². The molecule has 1 heterocycles. The van der Waals surface area contributed by atoms with Crippen LogP contribution in [0.2, 0.25) is 5.02 Å². The minimum Gasteiger partial charge on any atom is -0.424 e. The van der Waals surface area contributed by atoms with E-state index in [1.807, 2.05) is 0 Å². The second kappa shape index (κ2) is 9.60. The molecule has 0 bridgehead atoms. The largest absolute Gasteiger partial charge is 0.522 e. The number of alkyl halides is 3. The van der Waals surface area contributed by atoms with Gasteiger partial charge in [0.1, 0.15) is 6.10 Å². The molecule has 2 saturated carbocycles. The number of aliphatic hydroxyl groups is 1. The van der Waals surface area contributed by atoms with Gasteiger partial charge >= 0.3 is 6.36 Å². The Morgan fingerprint density at radius 2 is 1.97 bits per heavy atom. The summed E-state index contributed by atoms with van der Waals surface area (Å²) in [5.74, 6) is 0.0925. The molecule has 4 rings (SSSR count). The van der Waals surface area contributed by atoms with Crippen molar-refractivity contribution in [2.75, 3.05) is 6.54 Å². The number of amides is 1. The fraction of sp³-hybridized carbons (Fsp3) is 0.591. The highest BCUT2D eigenvalue weighted by Gasteiger charge is 2.46. The summed E-state index contributed by atoms with van der Waals surface area (Å²) < 4.78 is 46.7. The standard InChI is InChI=1S/C22H25ClF3N3O4/c23-15-4-2-13(3-5-15)10-17(30)18(31)27-9-8-21(6-1-7-21)20-29-28-19(32-20)14-11-16(12-14)33-22(24,25)26/h2-5,14,16-17,30H,1,6-12H2,(H,27,31)/t14-,16+,17?. The number of carbonyl (C=O) groups is 1. The average Bonchev–Trinajstić information content (AvgIpc) is 3.17. The van der Waals surface area contributed by atoms with Crippen LogP contribution in [0.15, 0.2) is 28.7 Å². The molecular formula is C22H25ClF3N3O4. The zero-order valence-electron chi connectivity index (χ0n) is 17.8. The number of halogens is 4. The highest BCUT2D eigenvalue weighted by Crippen LogP contribution is 2.47. The van der Waals surface area contributed by atoms with Gasteiger partial charge in [0.05, 0.1) is 11.5 Å². The van der Waals surface area contributed by atoms with E-state index in [0.29, 0.717) is 29.8 Å². The summed E-state index contributed by atoms with van der Waals surface area (Å²) in [4.78, 5) is 12.3. The summed E-state index contributed by atoms with van der Waals surface area (Å²) in [7, 11) is 0. The van der Waals surface area contributed by atoms with Gasteiger partial charge in [-0.2, -0.15) is 0 Å². The van der Waals surface area contributed by atoms with Crippen molar-refractivity contribution in [1.29, 1.82) is 0 Å². The molecule has 2 aliphatic carbocycles. The van der Waals surface area contributed by atoms with E-state index in [4.69, 9.17) is 16.0 Å². The zero-order chi connectivity index (χ0) is 23.6. The van der Waals surface area contributed by atoms with Gasteiger partial charge in [-0.05, 0) is 49.8 Å². The number of hydrogen-bond donors (Lipinski definition) is 2. The maximum absolute atomic E-state index is 12.3. The number of hydrogen-bond acceptors (Lipinski definition) is 6. The van der Waals surface area contributed by atoms with Gasteiger partial charge in [-0.15, -0.1) is 23.4 Å². The first-order valence-electron chi connectivity index (χ1n) is 10.9. The third kappa shape index (κ3) is 5.85. The molecule has 7 nitrogen and oxygen atoms in total. The number of carbonyl (C=O) groups excluding carboxylic acids is 1. The molecule has 0 aliphatic heterocycles. The molecule has 2 aliphatic rings. The van der Waals surface area contributed by atoms with Crippen LogP contribution in [0.5, 0.6) is 0 Å². The molecule has 2 N–H and O–H groups in total. The van der Waals surface area contributed by atoms with Crippen molar-refractivity contribution in [2.24, 2.45) is 0 Å². The molecule has 1 amide bonds. The Balaban J connectivity index is 1.26. The highest BCUT2D eigenvalue weighted by molar-refractivity contribution is 6.30. The lowest BCUT2D eigenvalue weighted by atomic mass is 9.66. The monoisotopic (exact) mass is 487 g/mol. The molecule has 0 spiro atoms. The number of nitrogens with one attached hydrogen (secondary N) is 1. The van der Waals surface area contributed by atoms with Crippen molar-refractivity contribution in [3.8, 4) is 0 Å². The van der Waals surface area contributed by atoms with Gasteiger partial charge in [0.25, 0.3) is 0 Å². The van der Waals surface area contributed by atoms with Crippen molar-refractivity contribution in [2.45, 2.75) is 74.8 Å². The first-order chi connectivity index (χ1) is 15.6. The molecular weight excluding hydrogens is 463 g/mol. The Labute approximate surface area is 193 Å². The van der Waals surface area contributed by atoms with Crippen molar-refractivity contribution < 1.29 is 32.2 Å². The molecule has 0 radical (unpaired) electrons. The van der Waals surface area contributed by atoms with Crippen LogP contribution in [0, 0.1) is 0 Å². The second-order valence-corrected chi connectivity index (χ2v) is 9.26. The molecule has 1 atom stereocenters. The van der Waals surface area contributed by atoms with Gasteiger partial charge in [0.2, 0.25) is 17.7 Å². The van der Waals surface area contributed by atoms with E-state index < -0.39 is 24.5 Å². The van der Waals surface area contributed by atoms with Crippen LogP contribution in [0.4, 0.5) is 13.2 Å². The summed E-state index contributed by atoms with van der Waals surface area (Å²) in [5, 5.41) is 21.7. The molecule has 2 fully saturated rings. The van der Waals surface area contributed by atoms with Crippen molar-refractivity contribution >= 4 is 17.5 Å². The quantitative estimate of drug-likeness (QED) is 0.554. The maximum Gasteiger partial charge on any atom is 0.522 e. The first kappa shape index (κ1) is 24.0. The third-order valence-electron chi connectivity index (χ3n) is 6.50. The van der Waals surface area contributed by atoms with Crippen LogP contribution in [0.25, 0.3) is 0 Å². The van der Waals surface area contributed by atoms with Crippen LogP contribution >= 0.6 is 11.6 Å². The van der Waals surface area contributed by atoms with E-state index >= 15 is 0 Å². The normalized spacial score (nSPS) is 22.8. The minimum absolute atomic E-state index is 0.182. The number of aromatic nitrogens is 2. The van der Waals surface area contributed by atoms with Gasteiger partial charge < -0.3 is 14.8 Å². The van der Waals surface area contributed by atoms with Gasteiger partial charge in [-0.3, -0.25) is 9.53 Å². The SMILES string of the molecule is O=C(NCCC1(c2nnc([C@H]3C[C@@H](OC(F)(F)F)C3)o2)CCC1)C(O)Cc1ccc(Cl)cc1. The Bertz CT molecular complexity index is 957. The summed E-state index contributed by atoms with van der Waals surface area (Å²) in [5.41, 5.74) is 0.445. The molecule has 1 unspecified atom stereocenters. The Hall–Kier alpha value is -2.17. The number of nitrogens with zero attached hydrogens (tertiary/aromatic N) is 2. The lowest BCUT2D eigenvalue weighted by Gasteiger charge is -2.39. The number of aliphatic hydroxyl groups excluding tert-OH is 1. The molecule has 0 saturated heterocycles. The number of rotatable bonds is 9. The van der Waals surface area contributed by atoms with Gasteiger partial charge in [0, 0.05) is 23.9 Å². The fourth-order valence-electron chi connectivity index (χ4n) is 4.32. The third-order valence-corrected chi connectivity index (χ3v) is 6.75. The molecule has 180 valence electrons. The van der Waals surface area contributed by atoms with Crippen LogP contribution < -0.4 is 5.32 Å². The Kier molecular flexibility index (Phi) is 6.97. The van der Waals surface area contributed by atoms with Crippen molar-refractivity contribution in [3.05, 3.63) is 46.6 Å². The first-order valence-corrected chi connectivity index (χ1v) is 11.3. The van der Waals surface area contributed by atoms with Crippen LogP contribution in [0.3, 0.4) is 0 Å². The smallest absolute Gasteiger partial charge is 0.424 e. The van der Waals surface area contributed by atoms with E-state index in [1.165, 1.54) is 0 Å². The average molecular weight is 488 g/mol. The van der Waals surface area contributed by atoms with Crippen LogP contribution in [-0.2, 0) is 21.4 Å². The van der Waals surface area contributed by atoms with Crippen molar-refractivity contribution in [3.63, 3.8) is 0 Å². The summed E-state index contributed by atoms with van der Waals surface area (Å²) in [6, 6.07) is 6.92. The minimum atomic E-state index is -4.64. The van der Waals surface area contributed by atoms with E-state index in [2.05, 4.69) is 20.3 Å². The molecule has 1 aromatic heterocycles. The summed E-state index contributed by atoms with van der Waals surface area (Å²) in [6.45, 7) is 0.332. The van der Waals surface area contributed by atoms with Gasteiger partial charge in [0.15, 0.2) is 0 Å². The number of ether oxygens (including phenoxy) is 1. The molecule has 33 heavy (non-hydrogen) atoms. The second-order valence-electron chi connectivity index (χ2n) is 8.82. The van der Waals surface area contributed by atoms with E-state index in [0.717, 1.165) is 24.8 Å². The maximum atomic E-state index is 12.3. The lowest BCUT2D eigenvalue weighted by molar-refractivity contribution is -0.352. The Morgan fingerprint density at radius 1 is 1.27 bits per heavy atom. The Morgan fingerprint density at radius 3 is 2.58 bits per heavy atom. The summed E-state index contributed by atoms with van der Waals surface area (Å²) >= 11 is 5.85. The van der Waals surface area contributed by atoms with Crippen molar-refractivity contribution in [1.82, 2.24) is 15.5 Å². The van der Waals surface area contributed by atoms with Crippen LogP contribution in [-0.4, -0.2) is 46.3 Å². The topological polar surface area (TPSA) is 97.5 Å². The molecule has 11 heteroatoms. The zero-order valence-corrected chi connectivity index (χ0v) is 18.5. The van der Waals surface area contributed by atoms with Gasteiger partial charge in [-0.25, -0.2) is 0 Å². The summed E-state index contributed by atoms with van der Waals surface area (Å²) in [6.07, 6.45) is -2.94. The van der Waals surface area contributed by atoms with E-state index in [9.17, 15) is 23.1 Å². The van der Waals surface area contributed by atoms with Crippen LogP contribution in [0.1, 0.15) is 61.8 Å². The lowest BCUT2D eigenvalue weighted by Crippen LogP contribution is -2.41. The predicted molar refractivity (Wildman–Crippen MR) is 112 cm³/mol. The molecule has 1 aromatic carbocycles. The number of benzene rings is 1. The van der Waals surface area contributed by atoms with E-state index in [1.54, 1.807) is 24.3 Å².